The van der Waals surface area contributed by atoms with Gasteiger partial charge in [-0.3, -0.25) is 4.79 Å². The van der Waals surface area contributed by atoms with Gasteiger partial charge in [0, 0.05) is 5.56 Å². The summed E-state index contributed by atoms with van der Waals surface area (Å²) in [5.41, 5.74) is 2.33. The fourth-order valence-electron chi connectivity index (χ4n) is 1.68. The van der Waals surface area contributed by atoms with E-state index in [9.17, 15) is 9.18 Å². The van der Waals surface area contributed by atoms with Crippen molar-refractivity contribution in [2.45, 2.75) is 6.92 Å². The number of hydrogen-bond acceptors (Lipinski definition) is 1. The van der Waals surface area contributed by atoms with E-state index in [4.69, 9.17) is 0 Å². The summed E-state index contributed by atoms with van der Waals surface area (Å²) in [4.78, 5) is 10.8. The second-order valence-electron chi connectivity index (χ2n) is 4.05. The molecule has 0 aliphatic carbocycles. The Labute approximate surface area is 106 Å². The van der Waals surface area contributed by atoms with Crippen LogP contribution in [0.3, 0.4) is 0 Å². The molecule has 2 heteroatoms. The second-order valence-corrected chi connectivity index (χ2v) is 4.05. The molecule has 0 N–H and O–H groups in total. The average molecular weight is 240 g/mol. The first-order chi connectivity index (χ1) is 8.66. The monoisotopic (exact) mass is 240 g/mol. The van der Waals surface area contributed by atoms with Crippen LogP contribution in [0.1, 0.15) is 12.5 Å². The van der Waals surface area contributed by atoms with Gasteiger partial charge in [-0.2, -0.15) is 0 Å². The molecule has 0 unspecified atom stereocenters. The van der Waals surface area contributed by atoms with E-state index in [2.05, 4.69) is 0 Å². The van der Waals surface area contributed by atoms with Crippen LogP contribution in [0.25, 0.3) is 17.2 Å². The maximum Gasteiger partial charge on any atom is 0.152 e. The highest BCUT2D eigenvalue weighted by Crippen LogP contribution is 2.22. The molecule has 2 aromatic rings. The number of rotatable bonds is 3. The lowest BCUT2D eigenvalue weighted by Gasteiger charge is -2.03. The fraction of sp³-hybridized carbons (Fsp3) is 0.0625. The Morgan fingerprint density at radius 1 is 1.06 bits per heavy atom. The van der Waals surface area contributed by atoms with E-state index >= 15 is 0 Å². The Kier molecular flexibility index (Phi) is 3.68. The van der Waals surface area contributed by atoms with Crippen molar-refractivity contribution in [2.75, 3.05) is 0 Å². The summed E-state index contributed by atoms with van der Waals surface area (Å²) in [7, 11) is 0. The molecule has 0 spiro atoms. The molecule has 0 heterocycles. The Hall–Kier alpha value is -2.22. The molecule has 0 saturated heterocycles. The molecule has 90 valence electrons. The van der Waals surface area contributed by atoms with Crippen LogP contribution in [-0.2, 0) is 4.79 Å². The smallest absolute Gasteiger partial charge is 0.152 e. The highest BCUT2D eigenvalue weighted by atomic mass is 19.1. The fourth-order valence-corrected chi connectivity index (χ4v) is 1.68. The van der Waals surface area contributed by atoms with Gasteiger partial charge in [-0.1, -0.05) is 48.5 Å². The maximum absolute atomic E-state index is 13.6. The van der Waals surface area contributed by atoms with Crippen LogP contribution in [0.5, 0.6) is 0 Å². The van der Waals surface area contributed by atoms with E-state index in [1.54, 1.807) is 18.2 Å². The van der Waals surface area contributed by atoms with Gasteiger partial charge < -0.3 is 0 Å². The van der Waals surface area contributed by atoms with E-state index < -0.39 is 0 Å². The molecule has 1 nitrogen and oxygen atoms in total. The van der Waals surface area contributed by atoms with Gasteiger partial charge in [-0.15, -0.1) is 0 Å². The summed E-state index contributed by atoms with van der Waals surface area (Å²) < 4.78 is 13.6. The van der Waals surface area contributed by atoms with Crippen molar-refractivity contribution in [3.63, 3.8) is 0 Å². The number of carbonyl (C=O) groups excluding carboxylic acids is 1. The Balaban J connectivity index is 2.28. The van der Waals surface area contributed by atoms with Crippen LogP contribution in [0.2, 0.25) is 0 Å². The predicted molar refractivity (Wildman–Crippen MR) is 71.6 cm³/mol. The Morgan fingerprint density at radius 3 is 2.33 bits per heavy atom. The van der Waals surface area contributed by atoms with Crippen LogP contribution < -0.4 is 0 Å². The molecular formula is C16H13FO. The van der Waals surface area contributed by atoms with Crippen molar-refractivity contribution in [3.8, 4) is 11.1 Å². The third kappa shape index (κ3) is 2.92. The molecule has 0 aromatic heterocycles. The quantitative estimate of drug-likeness (QED) is 0.738. The zero-order valence-corrected chi connectivity index (χ0v) is 10.1. The third-order valence-corrected chi connectivity index (χ3v) is 2.61. The zero-order chi connectivity index (χ0) is 13.0. The van der Waals surface area contributed by atoms with Crippen molar-refractivity contribution < 1.29 is 9.18 Å². The van der Waals surface area contributed by atoms with Crippen molar-refractivity contribution in [3.05, 3.63) is 66.0 Å². The number of hydrogen-bond donors (Lipinski definition) is 0. The molecule has 0 aliphatic heterocycles. The Bertz CT molecular complexity index is 582. The molecule has 0 bridgehead atoms. The molecule has 0 aliphatic rings. The largest absolute Gasteiger partial charge is 0.295 e. The van der Waals surface area contributed by atoms with Gasteiger partial charge in [-0.25, -0.2) is 4.39 Å². The number of carbonyl (C=O) groups is 1. The lowest BCUT2D eigenvalue weighted by atomic mass is 10.0. The topological polar surface area (TPSA) is 17.1 Å². The van der Waals surface area contributed by atoms with Crippen molar-refractivity contribution in [1.29, 1.82) is 0 Å². The van der Waals surface area contributed by atoms with Crippen molar-refractivity contribution in [1.82, 2.24) is 0 Å². The summed E-state index contributed by atoms with van der Waals surface area (Å²) in [6, 6.07) is 14.1. The normalized spacial score (nSPS) is 10.8. The lowest BCUT2D eigenvalue weighted by Crippen LogP contribution is -1.84. The molecule has 0 saturated carbocycles. The molecule has 0 radical (unpaired) electrons. The minimum atomic E-state index is -0.232. The first-order valence-electron chi connectivity index (χ1n) is 5.70. The Morgan fingerprint density at radius 2 is 1.72 bits per heavy atom. The highest BCUT2D eigenvalue weighted by Gasteiger charge is 2.02. The standard InChI is InChI=1S/C16H13FO/c1-12(18)6-7-13-8-10-14(11-9-13)15-4-2-3-5-16(15)17/h2-11H,1H3/b7-6+. The summed E-state index contributed by atoms with van der Waals surface area (Å²) in [6.07, 6.45) is 3.26. The molecular weight excluding hydrogens is 227 g/mol. The van der Waals surface area contributed by atoms with Gasteiger partial charge in [0.25, 0.3) is 0 Å². The maximum atomic E-state index is 13.6. The summed E-state index contributed by atoms with van der Waals surface area (Å²) in [6.45, 7) is 1.50. The SMILES string of the molecule is CC(=O)/C=C/c1ccc(-c2ccccc2F)cc1. The van der Waals surface area contributed by atoms with Crippen molar-refractivity contribution in [2.24, 2.45) is 0 Å². The first-order valence-corrected chi connectivity index (χ1v) is 5.70. The van der Waals surface area contributed by atoms with Crippen LogP contribution >= 0.6 is 0 Å². The number of ketones is 1. The van der Waals surface area contributed by atoms with E-state index in [-0.39, 0.29) is 11.6 Å². The molecule has 2 rings (SSSR count). The summed E-state index contributed by atoms with van der Waals surface area (Å²) in [5, 5.41) is 0. The van der Waals surface area contributed by atoms with Crippen molar-refractivity contribution >= 4 is 11.9 Å². The van der Waals surface area contributed by atoms with Gasteiger partial charge in [-0.05, 0) is 30.2 Å². The zero-order valence-electron chi connectivity index (χ0n) is 10.1. The number of allylic oxidation sites excluding steroid dienone is 1. The summed E-state index contributed by atoms with van der Waals surface area (Å²) in [5.74, 6) is -0.224. The van der Waals surface area contributed by atoms with E-state index in [0.717, 1.165) is 11.1 Å². The van der Waals surface area contributed by atoms with Crippen LogP contribution in [0.4, 0.5) is 4.39 Å². The highest BCUT2D eigenvalue weighted by molar-refractivity contribution is 5.91. The third-order valence-electron chi connectivity index (χ3n) is 2.61. The minimum Gasteiger partial charge on any atom is -0.295 e. The molecule has 18 heavy (non-hydrogen) atoms. The van der Waals surface area contributed by atoms with Gasteiger partial charge in [0.1, 0.15) is 5.82 Å². The summed E-state index contributed by atoms with van der Waals surface area (Å²) >= 11 is 0. The van der Waals surface area contributed by atoms with Crippen LogP contribution in [0, 0.1) is 5.82 Å². The predicted octanol–water partition coefficient (Wildman–Crippen LogP) is 4.09. The number of halogens is 1. The van der Waals surface area contributed by atoms with Gasteiger partial charge in [0.05, 0.1) is 0 Å². The van der Waals surface area contributed by atoms with Crippen LogP contribution in [-0.4, -0.2) is 5.78 Å². The average Bonchev–Trinajstić information content (AvgIpc) is 2.38. The van der Waals surface area contributed by atoms with E-state index in [1.165, 1.54) is 19.1 Å². The molecule has 0 amide bonds. The van der Waals surface area contributed by atoms with Gasteiger partial charge >= 0.3 is 0 Å². The minimum absolute atomic E-state index is 0.00757. The molecule has 0 atom stereocenters. The van der Waals surface area contributed by atoms with E-state index in [1.807, 2.05) is 30.3 Å². The van der Waals surface area contributed by atoms with E-state index in [0.29, 0.717) is 5.56 Å². The molecule has 2 aromatic carbocycles. The molecule has 0 fully saturated rings. The van der Waals surface area contributed by atoms with Gasteiger partial charge in [0.15, 0.2) is 5.78 Å². The van der Waals surface area contributed by atoms with Gasteiger partial charge in [0.2, 0.25) is 0 Å². The van der Waals surface area contributed by atoms with Crippen LogP contribution in [0.15, 0.2) is 54.6 Å². The lowest BCUT2D eigenvalue weighted by molar-refractivity contribution is -0.112. The first kappa shape index (κ1) is 12.2. The second kappa shape index (κ2) is 5.41. The number of benzene rings is 2.